The predicted octanol–water partition coefficient (Wildman–Crippen LogP) is 3.92. The minimum absolute atomic E-state index is 0.0741. The molecule has 0 fully saturated rings. The molecule has 0 spiro atoms. The Bertz CT molecular complexity index is 1080. The van der Waals surface area contributed by atoms with E-state index in [0.29, 0.717) is 32.9 Å². The van der Waals surface area contributed by atoms with E-state index in [4.69, 9.17) is 16.3 Å². The van der Waals surface area contributed by atoms with E-state index in [0.717, 1.165) is 5.52 Å². The van der Waals surface area contributed by atoms with Crippen molar-refractivity contribution in [1.29, 1.82) is 0 Å². The molecule has 23 heavy (non-hydrogen) atoms. The highest BCUT2D eigenvalue weighted by atomic mass is 35.5. The number of aromatic amines is 1. The lowest BCUT2D eigenvalue weighted by Gasteiger charge is -2.10. The first kappa shape index (κ1) is 13.7. The van der Waals surface area contributed by atoms with E-state index in [1.807, 2.05) is 18.2 Å². The topological polar surface area (TPSA) is 67.9 Å². The van der Waals surface area contributed by atoms with E-state index in [9.17, 15) is 4.79 Å². The van der Waals surface area contributed by atoms with Crippen LogP contribution in [-0.2, 0) is 0 Å². The molecular formula is C17H10ClN3O2. The van der Waals surface area contributed by atoms with Gasteiger partial charge in [-0.15, -0.1) is 0 Å². The van der Waals surface area contributed by atoms with Crippen LogP contribution in [0.25, 0.3) is 21.8 Å². The number of hydrogen-bond donors (Lipinski definition) is 1. The standard InChI is InChI=1S/C17H10ClN3O2/c18-12-6-5-11-15(17(12)23-14-9-19-7-8-20-14)21-13-4-2-1-3-10(13)16(11)22/h1-9H,(H,21,22). The van der Waals surface area contributed by atoms with Crippen molar-refractivity contribution in [3.05, 3.63) is 70.2 Å². The highest BCUT2D eigenvalue weighted by molar-refractivity contribution is 6.33. The Balaban J connectivity index is 2.03. The van der Waals surface area contributed by atoms with Crippen LogP contribution in [0.15, 0.2) is 59.8 Å². The van der Waals surface area contributed by atoms with Crippen LogP contribution in [-0.4, -0.2) is 15.0 Å². The normalized spacial score (nSPS) is 11.0. The van der Waals surface area contributed by atoms with Crippen molar-refractivity contribution < 1.29 is 4.74 Å². The van der Waals surface area contributed by atoms with E-state index >= 15 is 0 Å². The van der Waals surface area contributed by atoms with Crippen molar-refractivity contribution in [1.82, 2.24) is 15.0 Å². The summed E-state index contributed by atoms with van der Waals surface area (Å²) < 4.78 is 5.75. The second kappa shape index (κ2) is 5.37. The molecular weight excluding hydrogens is 314 g/mol. The highest BCUT2D eigenvalue weighted by Gasteiger charge is 2.14. The number of halogens is 1. The number of ether oxygens (including phenoxy) is 1. The summed E-state index contributed by atoms with van der Waals surface area (Å²) in [6.45, 7) is 0. The Labute approximate surface area is 135 Å². The molecule has 6 heteroatoms. The maximum absolute atomic E-state index is 12.7. The van der Waals surface area contributed by atoms with E-state index in [2.05, 4.69) is 15.0 Å². The summed E-state index contributed by atoms with van der Waals surface area (Å²) >= 11 is 6.26. The smallest absolute Gasteiger partial charge is 0.238 e. The van der Waals surface area contributed by atoms with Gasteiger partial charge in [0.15, 0.2) is 11.2 Å². The van der Waals surface area contributed by atoms with Crippen LogP contribution >= 0.6 is 11.6 Å². The first-order valence-electron chi connectivity index (χ1n) is 6.91. The lowest BCUT2D eigenvalue weighted by Crippen LogP contribution is -2.05. The van der Waals surface area contributed by atoms with Crippen LogP contribution in [0, 0.1) is 0 Å². The van der Waals surface area contributed by atoms with Gasteiger partial charge in [0.25, 0.3) is 0 Å². The van der Waals surface area contributed by atoms with Gasteiger partial charge in [0.2, 0.25) is 5.88 Å². The number of nitrogens with zero attached hydrogens (tertiary/aromatic N) is 2. The van der Waals surface area contributed by atoms with E-state index in [-0.39, 0.29) is 5.43 Å². The Hall–Kier alpha value is -2.92. The van der Waals surface area contributed by atoms with Crippen molar-refractivity contribution in [2.45, 2.75) is 0 Å². The molecule has 4 rings (SSSR count). The summed E-state index contributed by atoms with van der Waals surface area (Å²) in [4.78, 5) is 23.9. The van der Waals surface area contributed by atoms with Gasteiger partial charge in [0.1, 0.15) is 0 Å². The SMILES string of the molecule is O=c1c2ccccc2[nH]c2c(Oc3cnccn3)c(Cl)ccc12. The average molecular weight is 324 g/mol. The molecule has 0 atom stereocenters. The molecule has 0 aliphatic carbocycles. The van der Waals surface area contributed by atoms with Gasteiger partial charge in [-0.3, -0.25) is 9.78 Å². The fourth-order valence-corrected chi connectivity index (χ4v) is 2.68. The van der Waals surface area contributed by atoms with Gasteiger partial charge in [-0.1, -0.05) is 23.7 Å². The molecule has 0 unspecified atom stereocenters. The number of benzene rings is 2. The third-order valence-electron chi connectivity index (χ3n) is 3.53. The fourth-order valence-electron chi connectivity index (χ4n) is 2.48. The molecule has 0 bridgehead atoms. The van der Waals surface area contributed by atoms with Crippen molar-refractivity contribution in [3.63, 3.8) is 0 Å². The molecule has 0 aliphatic rings. The third kappa shape index (κ3) is 2.31. The molecule has 112 valence electrons. The number of hydrogen-bond acceptors (Lipinski definition) is 4. The number of pyridine rings is 1. The van der Waals surface area contributed by atoms with Gasteiger partial charge in [-0.25, -0.2) is 4.98 Å². The van der Waals surface area contributed by atoms with Crippen LogP contribution in [0.2, 0.25) is 5.02 Å². The van der Waals surface area contributed by atoms with Gasteiger partial charge in [-0.05, 0) is 24.3 Å². The second-order valence-electron chi connectivity index (χ2n) is 4.94. The molecule has 0 amide bonds. The lowest BCUT2D eigenvalue weighted by molar-refractivity contribution is 0.464. The lowest BCUT2D eigenvalue weighted by atomic mass is 10.1. The second-order valence-corrected chi connectivity index (χ2v) is 5.35. The first-order valence-corrected chi connectivity index (χ1v) is 7.29. The van der Waals surface area contributed by atoms with Crippen LogP contribution in [0.3, 0.4) is 0 Å². The minimum Gasteiger partial charge on any atom is -0.434 e. The van der Waals surface area contributed by atoms with Gasteiger partial charge in [0, 0.05) is 23.3 Å². The molecule has 0 radical (unpaired) electrons. The Kier molecular flexibility index (Phi) is 3.20. The third-order valence-corrected chi connectivity index (χ3v) is 3.83. The van der Waals surface area contributed by atoms with Crippen LogP contribution < -0.4 is 10.2 Å². The summed E-state index contributed by atoms with van der Waals surface area (Å²) in [5.74, 6) is 0.656. The van der Waals surface area contributed by atoms with Crippen molar-refractivity contribution in [3.8, 4) is 11.6 Å². The molecule has 0 aliphatic heterocycles. The van der Waals surface area contributed by atoms with Gasteiger partial charge < -0.3 is 9.72 Å². The molecule has 2 aromatic heterocycles. The first-order chi connectivity index (χ1) is 11.2. The van der Waals surface area contributed by atoms with Gasteiger partial charge >= 0.3 is 0 Å². The Morgan fingerprint density at radius 3 is 2.74 bits per heavy atom. The fraction of sp³-hybridized carbons (Fsp3) is 0. The molecule has 2 heterocycles. The molecule has 2 aromatic carbocycles. The van der Waals surface area contributed by atoms with Crippen molar-refractivity contribution in [2.24, 2.45) is 0 Å². The van der Waals surface area contributed by atoms with E-state index in [1.165, 1.54) is 12.4 Å². The van der Waals surface area contributed by atoms with Crippen LogP contribution in [0.4, 0.5) is 0 Å². The molecule has 4 aromatic rings. The number of rotatable bonds is 2. The number of fused-ring (bicyclic) bond motifs is 2. The molecule has 1 N–H and O–H groups in total. The number of H-pyrrole nitrogens is 1. The quantitative estimate of drug-likeness (QED) is 0.568. The van der Waals surface area contributed by atoms with Gasteiger partial charge in [-0.2, -0.15) is 0 Å². The van der Waals surface area contributed by atoms with Crippen molar-refractivity contribution in [2.75, 3.05) is 0 Å². The van der Waals surface area contributed by atoms with E-state index in [1.54, 1.807) is 24.4 Å². The summed E-state index contributed by atoms with van der Waals surface area (Å²) in [5.41, 5.74) is 1.18. The molecule has 5 nitrogen and oxygen atoms in total. The zero-order chi connectivity index (χ0) is 15.8. The van der Waals surface area contributed by atoms with Gasteiger partial charge in [0.05, 0.1) is 22.1 Å². The summed E-state index contributed by atoms with van der Waals surface area (Å²) in [7, 11) is 0. The van der Waals surface area contributed by atoms with E-state index < -0.39 is 0 Å². The maximum Gasteiger partial charge on any atom is 0.238 e. The van der Waals surface area contributed by atoms with Crippen molar-refractivity contribution >= 4 is 33.4 Å². The summed E-state index contributed by atoms with van der Waals surface area (Å²) in [6, 6.07) is 10.6. The monoisotopic (exact) mass is 323 g/mol. The summed E-state index contributed by atoms with van der Waals surface area (Å²) in [5, 5.41) is 1.51. The Morgan fingerprint density at radius 1 is 1.04 bits per heavy atom. The molecule has 0 saturated heterocycles. The van der Waals surface area contributed by atoms with Crippen LogP contribution in [0.1, 0.15) is 0 Å². The number of nitrogens with one attached hydrogen (secondary N) is 1. The van der Waals surface area contributed by atoms with Crippen LogP contribution in [0.5, 0.6) is 11.6 Å². The Morgan fingerprint density at radius 2 is 1.91 bits per heavy atom. The minimum atomic E-state index is -0.0741. The predicted molar refractivity (Wildman–Crippen MR) is 89.2 cm³/mol. The number of para-hydroxylation sites is 1. The zero-order valence-electron chi connectivity index (χ0n) is 11.8. The number of aromatic nitrogens is 3. The maximum atomic E-state index is 12.7. The zero-order valence-corrected chi connectivity index (χ0v) is 12.5. The highest BCUT2D eigenvalue weighted by Crippen LogP contribution is 2.34. The molecule has 0 saturated carbocycles. The largest absolute Gasteiger partial charge is 0.434 e. The summed E-state index contributed by atoms with van der Waals surface area (Å²) in [6.07, 6.45) is 4.55. The average Bonchev–Trinajstić information content (AvgIpc) is 2.59.